The van der Waals surface area contributed by atoms with Crippen LogP contribution in [0.1, 0.15) is 51.3 Å². The zero-order valence-corrected chi connectivity index (χ0v) is 12.2. The van der Waals surface area contributed by atoms with E-state index in [1.165, 1.54) is 12.1 Å². The van der Waals surface area contributed by atoms with Gasteiger partial charge in [-0.2, -0.15) is 0 Å². The van der Waals surface area contributed by atoms with Crippen LogP contribution in [0.5, 0.6) is 0 Å². The van der Waals surface area contributed by atoms with Crippen LogP contribution in [0, 0.1) is 5.82 Å². The van der Waals surface area contributed by atoms with Gasteiger partial charge >= 0.3 is 0 Å². The SMILES string of the molecule is C[C@H](N[S+]([O-])C(C)(C)C)c1cccc(C(F)F)c1F. The number of nitrogens with one attached hydrogen (secondary N) is 1. The summed E-state index contributed by atoms with van der Waals surface area (Å²) in [5.41, 5.74) is -0.539. The number of benzene rings is 1. The van der Waals surface area contributed by atoms with Gasteiger partial charge in [-0.05, 0) is 27.7 Å². The third-order valence-corrected chi connectivity index (χ3v) is 4.28. The summed E-state index contributed by atoms with van der Waals surface area (Å²) in [5.74, 6) is -0.941. The summed E-state index contributed by atoms with van der Waals surface area (Å²) in [6.07, 6.45) is -2.86. The highest BCUT2D eigenvalue weighted by atomic mass is 32.2. The monoisotopic (exact) mass is 293 g/mol. The van der Waals surface area contributed by atoms with Crippen LogP contribution >= 0.6 is 0 Å². The highest BCUT2D eigenvalue weighted by molar-refractivity contribution is 7.90. The van der Waals surface area contributed by atoms with E-state index in [-0.39, 0.29) is 5.56 Å². The van der Waals surface area contributed by atoms with Crippen molar-refractivity contribution in [2.45, 2.75) is 44.9 Å². The fourth-order valence-corrected chi connectivity index (χ4v) is 2.27. The molecule has 0 radical (unpaired) electrons. The predicted octanol–water partition coefficient (Wildman–Crippen LogP) is 3.88. The first-order valence-corrected chi connectivity index (χ1v) is 7.04. The molecule has 0 aliphatic rings. The van der Waals surface area contributed by atoms with Gasteiger partial charge in [-0.3, -0.25) is 0 Å². The molecule has 0 saturated carbocycles. The van der Waals surface area contributed by atoms with E-state index in [2.05, 4.69) is 4.72 Å². The predicted molar refractivity (Wildman–Crippen MR) is 70.8 cm³/mol. The van der Waals surface area contributed by atoms with Crippen LogP contribution in [0.15, 0.2) is 18.2 Å². The normalized spacial score (nSPS) is 15.6. The molecule has 0 spiro atoms. The van der Waals surface area contributed by atoms with Crippen molar-refractivity contribution in [2.24, 2.45) is 0 Å². The second kappa shape index (κ2) is 6.15. The Labute approximate surface area is 114 Å². The molecule has 1 aromatic rings. The average molecular weight is 293 g/mol. The molecule has 0 amide bonds. The zero-order valence-electron chi connectivity index (χ0n) is 11.3. The fourth-order valence-electron chi connectivity index (χ4n) is 1.47. The van der Waals surface area contributed by atoms with E-state index in [1.807, 2.05) is 0 Å². The van der Waals surface area contributed by atoms with Crippen LogP contribution in [0.3, 0.4) is 0 Å². The molecule has 6 heteroatoms. The van der Waals surface area contributed by atoms with Gasteiger partial charge in [0, 0.05) is 16.9 Å². The zero-order chi connectivity index (χ0) is 14.8. The molecule has 0 bridgehead atoms. The maximum absolute atomic E-state index is 13.9. The third kappa shape index (κ3) is 4.12. The molecule has 2 atom stereocenters. The third-order valence-electron chi connectivity index (χ3n) is 2.60. The van der Waals surface area contributed by atoms with E-state index in [4.69, 9.17) is 0 Å². The Bertz CT molecular complexity index is 434. The first kappa shape index (κ1) is 16.3. The van der Waals surface area contributed by atoms with Crippen LogP contribution < -0.4 is 4.72 Å². The Morgan fingerprint density at radius 1 is 1.21 bits per heavy atom. The summed E-state index contributed by atoms with van der Waals surface area (Å²) in [6.45, 7) is 6.91. The maximum Gasteiger partial charge on any atom is 0.266 e. The Balaban J connectivity index is 2.95. The summed E-state index contributed by atoms with van der Waals surface area (Å²) >= 11 is -1.40. The molecule has 0 aliphatic heterocycles. The lowest BCUT2D eigenvalue weighted by atomic mass is 10.0. The number of hydrogen-bond donors (Lipinski definition) is 1. The number of rotatable bonds is 4. The van der Waals surface area contributed by atoms with Crippen molar-refractivity contribution in [2.75, 3.05) is 0 Å². The molecule has 1 rings (SSSR count). The second-order valence-corrected chi connectivity index (χ2v) is 7.27. The number of hydrogen-bond acceptors (Lipinski definition) is 2. The molecular formula is C13H18F3NOS. The van der Waals surface area contributed by atoms with Gasteiger partial charge in [0.25, 0.3) is 6.43 Å². The topological polar surface area (TPSA) is 35.1 Å². The van der Waals surface area contributed by atoms with Crippen LogP contribution in [-0.4, -0.2) is 9.30 Å². The smallest absolute Gasteiger partial charge is 0.266 e. The lowest BCUT2D eigenvalue weighted by Gasteiger charge is -2.26. The lowest BCUT2D eigenvalue weighted by molar-refractivity contribution is 0.146. The van der Waals surface area contributed by atoms with Crippen molar-refractivity contribution in [1.82, 2.24) is 4.72 Å². The summed E-state index contributed by atoms with van der Waals surface area (Å²) in [4.78, 5) is 0. The van der Waals surface area contributed by atoms with E-state index in [1.54, 1.807) is 27.7 Å². The van der Waals surface area contributed by atoms with Crippen LogP contribution in [0.4, 0.5) is 13.2 Å². The van der Waals surface area contributed by atoms with Gasteiger partial charge in [0.1, 0.15) is 10.6 Å². The number of alkyl halides is 2. The van der Waals surface area contributed by atoms with E-state index in [0.717, 1.165) is 6.07 Å². The molecule has 19 heavy (non-hydrogen) atoms. The molecule has 2 nitrogen and oxygen atoms in total. The van der Waals surface area contributed by atoms with Crippen molar-refractivity contribution in [3.05, 3.63) is 35.1 Å². The first-order valence-electron chi connectivity index (χ1n) is 5.89. The summed E-state index contributed by atoms with van der Waals surface area (Å²) in [6, 6.07) is 3.23. The van der Waals surface area contributed by atoms with Crippen LogP contribution in [0.25, 0.3) is 0 Å². The number of halogens is 3. The van der Waals surface area contributed by atoms with Crippen molar-refractivity contribution in [3.8, 4) is 0 Å². The lowest BCUT2D eigenvalue weighted by Crippen LogP contribution is -2.40. The van der Waals surface area contributed by atoms with Gasteiger partial charge in [0.2, 0.25) is 0 Å². The summed E-state index contributed by atoms with van der Waals surface area (Å²) in [7, 11) is 0. The van der Waals surface area contributed by atoms with Gasteiger partial charge in [-0.1, -0.05) is 18.2 Å². The molecule has 1 unspecified atom stereocenters. The minimum Gasteiger partial charge on any atom is -0.598 e. The molecule has 0 heterocycles. The van der Waals surface area contributed by atoms with Gasteiger partial charge in [0.05, 0.1) is 11.6 Å². The molecule has 1 aromatic carbocycles. The molecule has 0 aliphatic carbocycles. The van der Waals surface area contributed by atoms with Gasteiger partial charge in [-0.25, -0.2) is 13.2 Å². The van der Waals surface area contributed by atoms with E-state index >= 15 is 0 Å². The van der Waals surface area contributed by atoms with Gasteiger partial charge in [-0.15, -0.1) is 4.72 Å². The Morgan fingerprint density at radius 2 is 1.74 bits per heavy atom. The van der Waals surface area contributed by atoms with Crippen molar-refractivity contribution < 1.29 is 17.7 Å². The summed E-state index contributed by atoms with van der Waals surface area (Å²) in [5, 5.41) is 0. The van der Waals surface area contributed by atoms with Crippen LogP contribution in [0.2, 0.25) is 0 Å². The quantitative estimate of drug-likeness (QED) is 0.855. The molecule has 0 fully saturated rings. The highest BCUT2D eigenvalue weighted by Crippen LogP contribution is 2.28. The van der Waals surface area contributed by atoms with Crippen molar-refractivity contribution in [3.63, 3.8) is 0 Å². The van der Waals surface area contributed by atoms with Gasteiger partial charge in [0.15, 0.2) is 0 Å². The van der Waals surface area contributed by atoms with Crippen LogP contribution in [-0.2, 0) is 11.4 Å². The van der Waals surface area contributed by atoms with Gasteiger partial charge < -0.3 is 4.55 Å². The van der Waals surface area contributed by atoms with Crippen molar-refractivity contribution >= 4 is 11.4 Å². The van der Waals surface area contributed by atoms with E-state index in [0.29, 0.717) is 0 Å². The second-order valence-electron chi connectivity index (χ2n) is 5.27. The fraction of sp³-hybridized carbons (Fsp3) is 0.538. The molecular weight excluding hydrogens is 275 g/mol. The minimum atomic E-state index is -2.86. The maximum atomic E-state index is 13.9. The molecule has 0 aromatic heterocycles. The molecule has 108 valence electrons. The highest BCUT2D eigenvalue weighted by Gasteiger charge is 2.29. The average Bonchev–Trinajstić information content (AvgIpc) is 2.27. The minimum absolute atomic E-state index is 0.0930. The standard InChI is InChI=1S/C13H18F3NOS/c1-8(17-19(18)13(2,3)4)9-6-5-7-10(11(9)14)12(15)16/h5-8,12,17H,1-4H3/t8-,19?/m0/s1. The largest absolute Gasteiger partial charge is 0.598 e. The Morgan fingerprint density at radius 3 is 2.21 bits per heavy atom. The van der Waals surface area contributed by atoms with E-state index in [9.17, 15) is 17.7 Å². The molecule has 1 N–H and O–H groups in total. The first-order chi connectivity index (χ1) is 8.64. The Hall–Kier alpha value is -0.720. The van der Waals surface area contributed by atoms with E-state index < -0.39 is 40.0 Å². The molecule has 0 saturated heterocycles. The Kier molecular flexibility index (Phi) is 5.29. The summed E-state index contributed by atoms with van der Waals surface area (Å²) < 4.78 is 53.2. The van der Waals surface area contributed by atoms with Crippen molar-refractivity contribution in [1.29, 1.82) is 0 Å².